The van der Waals surface area contributed by atoms with Crippen molar-refractivity contribution in [2.24, 2.45) is 0 Å². The molecule has 4 heteroatoms. The Morgan fingerprint density at radius 3 is 3.00 bits per heavy atom. The highest BCUT2D eigenvalue weighted by Crippen LogP contribution is 2.32. The molecule has 1 aliphatic rings. The first-order valence-electron chi connectivity index (χ1n) is 7.91. The molecule has 3 rings (SSSR count). The second-order valence-corrected chi connectivity index (χ2v) is 5.54. The third-order valence-corrected chi connectivity index (χ3v) is 4.13. The van der Waals surface area contributed by atoms with E-state index < -0.39 is 0 Å². The van der Waals surface area contributed by atoms with Gasteiger partial charge in [0.05, 0.1) is 20.0 Å². The fraction of sp³-hybridized carbons (Fsp3) is 0.444. The summed E-state index contributed by atoms with van der Waals surface area (Å²) in [4.78, 5) is 0. The van der Waals surface area contributed by atoms with Gasteiger partial charge in [-0.2, -0.15) is 0 Å². The molecule has 0 amide bonds. The Balaban J connectivity index is 1.68. The fourth-order valence-corrected chi connectivity index (χ4v) is 3.04. The average molecular weight is 301 g/mol. The summed E-state index contributed by atoms with van der Waals surface area (Å²) in [5, 5.41) is 3.63. The molecule has 22 heavy (non-hydrogen) atoms. The van der Waals surface area contributed by atoms with E-state index >= 15 is 0 Å². The summed E-state index contributed by atoms with van der Waals surface area (Å²) in [6, 6.07) is 8.56. The Morgan fingerprint density at radius 1 is 1.27 bits per heavy atom. The second kappa shape index (κ2) is 6.88. The van der Waals surface area contributed by atoms with E-state index in [2.05, 4.69) is 23.5 Å². The third kappa shape index (κ3) is 3.12. The molecular weight excluding hydrogens is 278 g/mol. The van der Waals surface area contributed by atoms with Gasteiger partial charge in [-0.25, -0.2) is 0 Å². The van der Waals surface area contributed by atoms with E-state index in [0.717, 1.165) is 36.6 Å². The number of methoxy groups -OCH3 is 1. The molecule has 1 heterocycles. The van der Waals surface area contributed by atoms with Crippen molar-refractivity contribution < 1.29 is 13.9 Å². The summed E-state index contributed by atoms with van der Waals surface area (Å²) < 4.78 is 16.5. The first-order chi connectivity index (χ1) is 10.8. The van der Waals surface area contributed by atoms with Gasteiger partial charge < -0.3 is 19.2 Å². The highest BCUT2D eigenvalue weighted by molar-refractivity contribution is 5.43. The lowest BCUT2D eigenvalue weighted by Crippen LogP contribution is -2.24. The lowest BCUT2D eigenvalue weighted by atomic mass is 9.93. The van der Waals surface area contributed by atoms with Crippen LogP contribution in [0.1, 0.15) is 42.7 Å². The van der Waals surface area contributed by atoms with E-state index in [1.54, 1.807) is 13.4 Å². The van der Waals surface area contributed by atoms with Crippen molar-refractivity contribution >= 4 is 0 Å². The standard InChI is InChI=1S/C18H23NO3/c1-3-21-18-11-13(7-8-17(18)20-2)12-19-15-5-4-6-16-14(15)9-10-22-16/h7-11,15,19H,3-6,12H2,1-2H3. The molecule has 0 saturated carbocycles. The molecule has 1 atom stereocenters. The molecule has 1 aliphatic carbocycles. The highest BCUT2D eigenvalue weighted by Gasteiger charge is 2.22. The average Bonchev–Trinajstić information content (AvgIpc) is 3.02. The van der Waals surface area contributed by atoms with Crippen LogP contribution in [0.5, 0.6) is 11.5 Å². The van der Waals surface area contributed by atoms with E-state index in [9.17, 15) is 0 Å². The zero-order valence-corrected chi connectivity index (χ0v) is 13.2. The molecule has 0 radical (unpaired) electrons. The Morgan fingerprint density at radius 2 is 2.18 bits per heavy atom. The van der Waals surface area contributed by atoms with Gasteiger partial charge in [-0.3, -0.25) is 0 Å². The fourth-order valence-electron chi connectivity index (χ4n) is 3.04. The smallest absolute Gasteiger partial charge is 0.161 e. The van der Waals surface area contributed by atoms with Gasteiger partial charge in [0.1, 0.15) is 5.76 Å². The van der Waals surface area contributed by atoms with E-state index in [4.69, 9.17) is 13.9 Å². The monoisotopic (exact) mass is 301 g/mol. The van der Waals surface area contributed by atoms with Crippen LogP contribution < -0.4 is 14.8 Å². The Hall–Kier alpha value is -1.94. The predicted molar refractivity (Wildman–Crippen MR) is 85.4 cm³/mol. The van der Waals surface area contributed by atoms with Crippen LogP contribution in [0.25, 0.3) is 0 Å². The Labute approximate surface area is 131 Å². The maximum Gasteiger partial charge on any atom is 0.161 e. The lowest BCUT2D eigenvalue weighted by molar-refractivity contribution is 0.310. The van der Waals surface area contributed by atoms with E-state index in [1.807, 2.05) is 13.0 Å². The molecule has 1 aromatic heterocycles. The summed E-state index contributed by atoms with van der Waals surface area (Å²) in [5.74, 6) is 2.71. The van der Waals surface area contributed by atoms with Crippen LogP contribution in [-0.2, 0) is 13.0 Å². The van der Waals surface area contributed by atoms with Crippen LogP contribution in [-0.4, -0.2) is 13.7 Å². The largest absolute Gasteiger partial charge is 0.493 e. The number of rotatable bonds is 6. The van der Waals surface area contributed by atoms with Gasteiger partial charge in [-0.15, -0.1) is 0 Å². The van der Waals surface area contributed by atoms with Crippen molar-refractivity contribution in [2.75, 3.05) is 13.7 Å². The van der Waals surface area contributed by atoms with Crippen molar-refractivity contribution in [3.05, 3.63) is 47.4 Å². The zero-order valence-electron chi connectivity index (χ0n) is 13.2. The number of furan rings is 1. The van der Waals surface area contributed by atoms with Crippen LogP contribution in [0.3, 0.4) is 0 Å². The number of hydrogen-bond donors (Lipinski definition) is 1. The lowest BCUT2D eigenvalue weighted by Gasteiger charge is -2.23. The quantitative estimate of drug-likeness (QED) is 0.880. The summed E-state index contributed by atoms with van der Waals surface area (Å²) >= 11 is 0. The summed E-state index contributed by atoms with van der Waals surface area (Å²) in [6.45, 7) is 3.42. The van der Waals surface area contributed by atoms with Gasteiger partial charge >= 0.3 is 0 Å². The van der Waals surface area contributed by atoms with E-state index in [-0.39, 0.29) is 0 Å². The van der Waals surface area contributed by atoms with Gasteiger partial charge in [0, 0.05) is 24.6 Å². The molecule has 0 aliphatic heterocycles. The number of ether oxygens (including phenoxy) is 2. The molecular formula is C18H23NO3. The number of benzene rings is 1. The summed E-state index contributed by atoms with van der Waals surface area (Å²) in [7, 11) is 1.66. The zero-order chi connectivity index (χ0) is 15.4. The molecule has 0 fully saturated rings. The van der Waals surface area contributed by atoms with Crippen molar-refractivity contribution in [1.29, 1.82) is 0 Å². The highest BCUT2D eigenvalue weighted by atomic mass is 16.5. The predicted octanol–water partition coefficient (Wildman–Crippen LogP) is 3.85. The third-order valence-electron chi connectivity index (χ3n) is 4.13. The van der Waals surface area contributed by atoms with Crippen molar-refractivity contribution in [3.63, 3.8) is 0 Å². The van der Waals surface area contributed by atoms with Crippen LogP contribution in [0.15, 0.2) is 34.9 Å². The molecule has 0 bridgehead atoms. The van der Waals surface area contributed by atoms with Crippen molar-refractivity contribution in [1.82, 2.24) is 5.32 Å². The number of nitrogens with one attached hydrogen (secondary N) is 1. The first-order valence-corrected chi connectivity index (χ1v) is 7.91. The van der Waals surface area contributed by atoms with E-state index in [0.29, 0.717) is 12.6 Å². The first kappa shape index (κ1) is 15.0. The molecule has 1 aromatic carbocycles. The maximum absolute atomic E-state index is 5.64. The maximum atomic E-state index is 5.64. The molecule has 1 N–H and O–H groups in total. The Kier molecular flexibility index (Phi) is 4.68. The molecule has 118 valence electrons. The molecule has 0 spiro atoms. The van der Waals surface area contributed by atoms with Gasteiger partial charge in [-0.1, -0.05) is 6.07 Å². The second-order valence-electron chi connectivity index (χ2n) is 5.54. The normalized spacial score (nSPS) is 17.1. The number of fused-ring (bicyclic) bond motifs is 1. The topological polar surface area (TPSA) is 43.6 Å². The van der Waals surface area contributed by atoms with Crippen LogP contribution >= 0.6 is 0 Å². The molecule has 0 saturated heterocycles. The van der Waals surface area contributed by atoms with Gasteiger partial charge in [0.15, 0.2) is 11.5 Å². The molecule has 2 aromatic rings. The minimum absolute atomic E-state index is 0.375. The van der Waals surface area contributed by atoms with Crippen molar-refractivity contribution in [3.8, 4) is 11.5 Å². The summed E-state index contributed by atoms with van der Waals surface area (Å²) in [5.41, 5.74) is 2.50. The Bertz CT molecular complexity index is 621. The van der Waals surface area contributed by atoms with E-state index in [1.165, 1.54) is 17.5 Å². The van der Waals surface area contributed by atoms with Crippen molar-refractivity contribution in [2.45, 2.75) is 38.8 Å². The van der Waals surface area contributed by atoms with Crippen LogP contribution in [0.2, 0.25) is 0 Å². The minimum Gasteiger partial charge on any atom is -0.493 e. The number of aryl methyl sites for hydroxylation is 1. The van der Waals surface area contributed by atoms with Gasteiger partial charge in [-0.05, 0) is 43.5 Å². The van der Waals surface area contributed by atoms with Crippen LogP contribution in [0, 0.1) is 0 Å². The molecule has 4 nitrogen and oxygen atoms in total. The number of hydrogen-bond acceptors (Lipinski definition) is 4. The SMILES string of the molecule is CCOc1cc(CNC2CCCc3occc32)ccc1OC. The minimum atomic E-state index is 0.375. The van der Waals surface area contributed by atoms with Gasteiger partial charge in [0.25, 0.3) is 0 Å². The van der Waals surface area contributed by atoms with Crippen LogP contribution in [0.4, 0.5) is 0 Å². The summed E-state index contributed by atoms with van der Waals surface area (Å²) in [6.07, 6.45) is 5.18. The molecule has 1 unspecified atom stereocenters. The van der Waals surface area contributed by atoms with Gasteiger partial charge in [0.2, 0.25) is 0 Å².